The zero-order chi connectivity index (χ0) is 16.8. The third kappa shape index (κ3) is 4.82. The van der Waals surface area contributed by atoms with E-state index in [0.29, 0.717) is 16.9 Å². The zero-order valence-electron chi connectivity index (χ0n) is 12.9. The molecule has 2 rings (SSSR count). The number of carbonyl (C=O) groups excluding carboxylic acids is 2. The molecule has 2 aromatic rings. The number of anilines is 2. The first-order chi connectivity index (χ1) is 11.0. The fourth-order valence-corrected chi connectivity index (χ4v) is 2.77. The van der Waals surface area contributed by atoms with Crippen molar-refractivity contribution in [3.05, 3.63) is 53.8 Å². The largest absolute Gasteiger partial charge is 0.325 e. The van der Waals surface area contributed by atoms with Gasteiger partial charge in [0.1, 0.15) is 5.82 Å². The first-order valence-corrected chi connectivity index (χ1v) is 8.00. The van der Waals surface area contributed by atoms with E-state index in [0.717, 1.165) is 4.90 Å². The van der Waals surface area contributed by atoms with Crippen LogP contribution in [0.2, 0.25) is 0 Å². The molecule has 0 unspecified atom stereocenters. The van der Waals surface area contributed by atoms with Crippen LogP contribution in [0, 0.1) is 12.7 Å². The van der Waals surface area contributed by atoms with Gasteiger partial charge in [-0.3, -0.25) is 9.59 Å². The molecule has 0 saturated carbocycles. The molecule has 0 atom stereocenters. The third-order valence-electron chi connectivity index (χ3n) is 3.10. The minimum absolute atomic E-state index is 0.159. The van der Waals surface area contributed by atoms with Gasteiger partial charge in [0.25, 0.3) is 0 Å². The molecule has 4 nitrogen and oxygen atoms in total. The van der Waals surface area contributed by atoms with E-state index >= 15 is 0 Å². The molecule has 0 spiro atoms. The summed E-state index contributed by atoms with van der Waals surface area (Å²) in [5.74, 6) is -0.599. The van der Waals surface area contributed by atoms with Gasteiger partial charge < -0.3 is 10.6 Å². The normalized spacial score (nSPS) is 10.2. The minimum Gasteiger partial charge on any atom is -0.325 e. The third-order valence-corrected chi connectivity index (χ3v) is 4.17. The highest BCUT2D eigenvalue weighted by molar-refractivity contribution is 8.00. The maximum Gasteiger partial charge on any atom is 0.234 e. The molecule has 0 aliphatic heterocycles. The van der Waals surface area contributed by atoms with Gasteiger partial charge in [0.15, 0.2) is 0 Å². The zero-order valence-corrected chi connectivity index (χ0v) is 13.7. The fourth-order valence-electron chi connectivity index (χ4n) is 1.96. The van der Waals surface area contributed by atoms with Gasteiger partial charge in [0.2, 0.25) is 11.8 Å². The van der Waals surface area contributed by atoms with Gasteiger partial charge in [-0.25, -0.2) is 4.39 Å². The summed E-state index contributed by atoms with van der Waals surface area (Å²) >= 11 is 1.31. The summed E-state index contributed by atoms with van der Waals surface area (Å²) in [6.07, 6.45) is 0. The first-order valence-electron chi connectivity index (χ1n) is 7.01. The van der Waals surface area contributed by atoms with Gasteiger partial charge in [0.05, 0.1) is 11.4 Å². The molecule has 6 heteroatoms. The first kappa shape index (κ1) is 17.0. The van der Waals surface area contributed by atoms with Crippen molar-refractivity contribution in [2.75, 3.05) is 16.4 Å². The number of hydrogen-bond acceptors (Lipinski definition) is 3. The molecule has 0 aliphatic carbocycles. The molecular weight excluding hydrogens is 315 g/mol. The number of amides is 2. The SMILES string of the molecule is CC(=O)Nc1ccccc1SCC(=O)Nc1cccc(F)c1C. The molecular formula is C17H17FN2O2S. The number of hydrogen-bond donors (Lipinski definition) is 2. The molecule has 0 heterocycles. The Morgan fingerprint density at radius 2 is 1.74 bits per heavy atom. The fraction of sp³-hybridized carbons (Fsp3) is 0.176. The number of thioether (sulfide) groups is 1. The Morgan fingerprint density at radius 3 is 2.48 bits per heavy atom. The van der Waals surface area contributed by atoms with Gasteiger partial charge in [-0.2, -0.15) is 0 Å². The molecule has 0 aliphatic rings. The number of carbonyl (C=O) groups is 2. The molecule has 2 amide bonds. The summed E-state index contributed by atoms with van der Waals surface area (Å²) < 4.78 is 13.5. The molecule has 0 bridgehead atoms. The summed E-state index contributed by atoms with van der Waals surface area (Å²) in [5, 5.41) is 5.42. The molecule has 23 heavy (non-hydrogen) atoms. The van der Waals surface area contributed by atoms with Crippen LogP contribution in [-0.2, 0) is 9.59 Å². The summed E-state index contributed by atoms with van der Waals surface area (Å²) in [4.78, 5) is 24.0. The average molecular weight is 332 g/mol. The van der Waals surface area contributed by atoms with Crippen LogP contribution < -0.4 is 10.6 Å². The van der Waals surface area contributed by atoms with Crippen LogP contribution in [0.1, 0.15) is 12.5 Å². The summed E-state index contributed by atoms with van der Waals surface area (Å²) in [6, 6.07) is 11.8. The Kier molecular flexibility index (Phi) is 5.76. The number of halogens is 1. The number of benzene rings is 2. The number of rotatable bonds is 5. The number of nitrogens with one attached hydrogen (secondary N) is 2. The maximum absolute atomic E-state index is 13.5. The Bertz CT molecular complexity index is 734. The average Bonchev–Trinajstić information content (AvgIpc) is 2.50. The van der Waals surface area contributed by atoms with Crippen LogP contribution in [0.4, 0.5) is 15.8 Å². The lowest BCUT2D eigenvalue weighted by molar-refractivity contribution is -0.114. The van der Waals surface area contributed by atoms with E-state index in [1.54, 1.807) is 25.1 Å². The topological polar surface area (TPSA) is 58.2 Å². The highest BCUT2D eigenvalue weighted by atomic mass is 32.2. The summed E-state index contributed by atoms with van der Waals surface area (Å²) in [6.45, 7) is 3.05. The van der Waals surface area contributed by atoms with Gasteiger partial charge in [0, 0.05) is 23.1 Å². The van der Waals surface area contributed by atoms with Crippen molar-refractivity contribution in [2.24, 2.45) is 0 Å². The summed E-state index contributed by atoms with van der Waals surface area (Å²) in [5.41, 5.74) is 1.54. The lowest BCUT2D eigenvalue weighted by atomic mass is 10.2. The van der Waals surface area contributed by atoms with Crippen LogP contribution in [0.3, 0.4) is 0 Å². The van der Waals surface area contributed by atoms with Gasteiger partial charge in [-0.15, -0.1) is 11.8 Å². The molecule has 2 aromatic carbocycles. The lowest BCUT2D eigenvalue weighted by Crippen LogP contribution is -2.15. The highest BCUT2D eigenvalue weighted by Gasteiger charge is 2.10. The molecule has 2 N–H and O–H groups in total. The van der Waals surface area contributed by atoms with E-state index in [-0.39, 0.29) is 23.4 Å². The van der Waals surface area contributed by atoms with Crippen molar-refractivity contribution < 1.29 is 14.0 Å². The van der Waals surface area contributed by atoms with Gasteiger partial charge in [-0.1, -0.05) is 18.2 Å². The second kappa shape index (κ2) is 7.78. The van der Waals surface area contributed by atoms with Crippen LogP contribution in [0.15, 0.2) is 47.4 Å². The van der Waals surface area contributed by atoms with Crippen LogP contribution in [0.5, 0.6) is 0 Å². The minimum atomic E-state index is -0.355. The predicted molar refractivity (Wildman–Crippen MR) is 91.2 cm³/mol. The second-order valence-corrected chi connectivity index (χ2v) is 5.94. The van der Waals surface area contributed by atoms with Crippen molar-refractivity contribution >= 4 is 35.0 Å². The monoisotopic (exact) mass is 332 g/mol. The van der Waals surface area contributed by atoms with Crippen molar-refractivity contribution in [3.8, 4) is 0 Å². The van der Waals surface area contributed by atoms with E-state index in [9.17, 15) is 14.0 Å². The standard InChI is InChI=1S/C17H17FN2O2S/c1-11-13(18)6-5-8-14(11)20-17(22)10-23-16-9-4-3-7-15(16)19-12(2)21/h3-9H,10H2,1-2H3,(H,19,21)(H,20,22). The van der Waals surface area contributed by atoms with E-state index < -0.39 is 0 Å². The Morgan fingerprint density at radius 1 is 1.04 bits per heavy atom. The van der Waals surface area contributed by atoms with E-state index in [4.69, 9.17) is 0 Å². The second-order valence-electron chi connectivity index (χ2n) is 4.93. The Labute approximate surface area is 138 Å². The smallest absolute Gasteiger partial charge is 0.234 e. The summed E-state index contributed by atoms with van der Waals surface area (Å²) in [7, 11) is 0. The van der Waals surface area contributed by atoms with Crippen LogP contribution >= 0.6 is 11.8 Å². The van der Waals surface area contributed by atoms with E-state index in [1.165, 1.54) is 24.8 Å². The molecule has 120 valence electrons. The molecule has 0 fully saturated rings. The van der Waals surface area contributed by atoms with Crippen molar-refractivity contribution in [1.82, 2.24) is 0 Å². The van der Waals surface area contributed by atoms with Crippen molar-refractivity contribution in [3.63, 3.8) is 0 Å². The highest BCUT2D eigenvalue weighted by Crippen LogP contribution is 2.27. The van der Waals surface area contributed by atoms with E-state index in [1.807, 2.05) is 18.2 Å². The predicted octanol–water partition coefficient (Wildman–Crippen LogP) is 3.82. The lowest BCUT2D eigenvalue weighted by Gasteiger charge is -2.11. The molecule has 0 saturated heterocycles. The molecule has 0 radical (unpaired) electrons. The van der Waals surface area contributed by atoms with Gasteiger partial charge >= 0.3 is 0 Å². The quantitative estimate of drug-likeness (QED) is 0.818. The maximum atomic E-state index is 13.5. The van der Waals surface area contributed by atoms with Crippen molar-refractivity contribution in [1.29, 1.82) is 0 Å². The van der Waals surface area contributed by atoms with Crippen molar-refractivity contribution in [2.45, 2.75) is 18.7 Å². The van der Waals surface area contributed by atoms with Crippen LogP contribution in [0.25, 0.3) is 0 Å². The van der Waals surface area contributed by atoms with Crippen LogP contribution in [-0.4, -0.2) is 17.6 Å². The van der Waals surface area contributed by atoms with Gasteiger partial charge in [-0.05, 0) is 31.2 Å². The molecule has 0 aromatic heterocycles. The Balaban J connectivity index is 2.00. The Hall–Kier alpha value is -2.34. The van der Waals surface area contributed by atoms with E-state index in [2.05, 4.69) is 10.6 Å². The number of para-hydroxylation sites is 1.